The van der Waals surface area contributed by atoms with Gasteiger partial charge in [0.15, 0.2) is 0 Å². The molecule has 0 saturated carbocycles. The predicted octanol–water partition coefficient (Wildman–Crippen LogP) is 4.71. The number of rotatable bonds is 6. The highest BCUT2D eigenvalue weighted by molar-refractivity contribution is 5.96. The Labute approximate surface area is 197 Å². The van der Waals surface area contributed by atoms with Crippen LogP contribution in [0.25, 0.3) is 11.1 Å². The lowest BCUT2D eigenvalue weighted by atomic mass is 9.96. The van der Waals surface area contributed by atoms with Gasteiger partial charge in [-0.25, -0.2) is 19.9 Å². The van der Waals surface area contributed by atoms with Crippen molar-refractivity contribution in [1.82, 2.24) is 25.3 Å². The standard InChI is InChI=1S/C26H22N6O2/c1-16-5-6-24(21(9-16)13-27)19-10-20(12-23(11-19)34-26-28-7-4-8-29-26)25(33)32-17(2)22-14-30-18(3)31-15-22/h4-12,14-15,17H,1-3H3,(H,32,33)/t17-/m1/s1. The monoisotopic (exact) mass is 450 g/mol. The second kappa shape index (κ2) is 9.88. The van der Waals surface area contributed by atoms with Gasteiger partial charge in [-0.2, -0.15) is 5.26 Å². The molecule has 0 spiro atoms. The van der Waals surface area contributed by atoms with Gasteiger partial charge in [-0.15, -0.1) is 0 Å². The van der Waals surface area contributed by atoms with Crippen LogP contribution in [0, 0.1) is 25.2 Å². The van der Waals surface area contributed by atoms with Gasteiger partial charge >= 0.3 is 6.01 Å². The first-order valence-corrected chi connectivity index (χ1v) is 10.6. The van der Waals surface area contributed by atoms with Gasteiger partial charge in [0.05, 0.1) is 17.7 Å². The summed E-state index contributed by atoms with van der Waals surface area (Å²) in [6.07, 6.45) is 6.52. The molecular weight excluding hydrogens is 428 g/mol. The number of amides is 1. The van der Waals surface area contributed by atoms with E-state index in [1.165, 1.54) is 0 Å². The summed E-state index contributed by atoms with van der Waals surface area (Å²) in [6.45, 7) is 5.59. The number of aryl methyl sites for hydroxylation is 2. The van der Waals surface area contributed by atoms with Crippen LogP contribution in [0.4, 0.5) is 0 Å². The number of nitrogens with zero attached hydrogens (tertiary/aromatic N) is 5. The van der Waals surface area contributed by atoms with Crippen LogP contribution < -0.4 is 10.1 Å². The third-order valence-electron chi connectivity index (χ3n) is 5.17. The Kier molecular flexibility index (Phi) is 6.55. The van der Waals surface area contributed by atoms with Gasteiger partial charge < -0.3 is 10.1 Å². The minimum atomic E-state index is -0.312. The maximum atomic E-state index is 13.2. The largest absolute Gasteiger partial charge is 0.424 e. The van der Waals surface area contributed by atoms with Crippen molar-refractivity contribution in [3.8, 4) is 29.0 Å². The number of benzene rings is 2. The van der Waals surface area contributed by atoms with Crippen LogP contribution in [0.1, 0.15) is 45.8 Å². The molecule has 8 heteroatoms. The molecule has 34 heavy (non-hydrogen) atoms. The molecule has 2 aromatic carbocycles. The molecule has 168 valence electrons. The van der Waals surface area contributed by atoms with Crippen LogP contribution in [0.5, 0.6) is 11.8 Å². The Morgan fingerprint density at radius 3 is 2.47 bits per heavy atom. The minimum Gasteiger partial charge on any atom is -0.424 e. The molecule has 1 N–H and O–H groups in total. The zero-order chi connectivity index (χ0) is 24.1. The number of ether oxygens (including phenoxy) is 1. The quantitative estimate of drug-likeness (QED) is 0.453. The first-order chi connectivity index (χ1) is 16.4. The van der Waals surface area contributed by atoms with Crippen molar-refractivity contribution in [2.45, 2.75) is 26.8 Å². The molecule has 0 aliphatic rings. The summed E-state index contributed by atoms with van der Waals surface area (Å²) in [5.74, 6) is 0.732. The Balaban J connectivity index is 1.71. The first-order valence-electron chi connectivity index (χ1n) is 10.6. The zero-order valence-corrected chi connectivity index (χ0v) is 19.0. The van der Waals surface area contributed by atoms with Gasteiger partial charge in [0.1, 0.15) is 11.6 Å². The van der Waals surface area contributed by atoms with E-state index < -0.39 is 0 Å². The third kappa shape index (κ3) is 5.22. The molecule has 4 aromatic rings. The number of carbonyl (C=O) groups excluding carboxylic acids is 1. The molecule has 0 aliphatic carbocycles. The summed E-state index contributed by atoms with van der Waals surface area (Å²) in [5.41, 5.74) is 3.99. The molecular formula is C26H22N6O2. The van der Waals surface area contributed by atoms with Crippen molar-refractivity contribution < 1.29 is 9.53 Å². The van der Waals surface area contributed by atoms with Gasteiger partial charge in [-0.1, -0.05) is 12.1 Å². The molecule has 0 fully saturated rings. The second-order valence-electron chi connectivity index (χ2n) is 7.80. The van der Waals surface area contributed by atoms with E-state index in [4.69, 9.17) is 4.74 Å². The fourth-order valence-electron chi connectivity index (χ4n) is 3.38. The Hall–Kier alpha value is -4.64. The van der Waals surface area contributed by atoms with Crippen molar-refractivity contribution in [2.24, 2.45) is 0 Å². The fraction of sp³-hybridized carbons (Fsp3) is 0.154. The number of nitrogens with one attached hydrogen (secondary N) is 1. The van der Waals surface area contributed by atoms with Crippen molar-refractivity contribution in [3.05, 3.63) is 95.3 Å². The van der Waals surface area contributed by atoms with Crippen molar-refractivity contribution >= 4 is 5.91 Å². The first kappa shape index (κ1) is 22.6. The van der Waals surface area contributed by atoms with Crippen molar-refractivity contribution in [1.29, 1.82) is 5.26 Å². The molecule has 0 bridgehead atoms. The van der Waals surface area contributed by atoms with Gasteiger partial charge in [-0.05, 0) is 67.8 Å². The molecule has 0 saturated heterocycles. The molecule has 0 aliphatic heterocycles. The van der Waals surface area contributed by atoms with Gasteiger partial charge in [-0.3, -0.25) is 4.79 Å². The number of carbonyl (C=O) groups is 1. The van der Waals surface area contributed by atoms with E-state index in [-0.39, 0.29) is 18.0 Å². The number of nitriles is 1. The van der Waals surface area contributed by atoms with Crippen LogP contribution in [-0.2, 0) is 0 Å². The molecule has 2 aromatic heterocycles. The zero-order valence-electron chi connectivity index (χ0n) is 19.0. The second-order valence-corrected chi connectivity index (χ2v) is 7.80. The summed E-state index contributed by atoms with van der Waals surface area (Å²) in [4.78, 5) is 29.8. The van der Waals surface area contributed by atoms with Gasteiger partial charge in [0.25, 0.3) is 5.91 Å². The average Bonchev–Trinajstić information content (AvgIpc) is 2.84. The predicted molar refractivity (Wildman–Crippen MR) is 126 cm³/mol. The van der Waals surface area contributed by atoms with Crippen LogP contribution in [0.15, 0.2) is 67.3 Å². The lowest BCUT2D eigenvalue weighted by Crippen LogP contribution is -2.27. The number of hydrogen-bond donors (Lipinski definition) is 1. The van der Waals surface area contributed by atoms with E-state index in [1.54, 1.807) is 56.0 Å². The van der Waals surface area contributed by atoms with Crippen molar-refractivity contribution in [2.75, 3.05) is 0 Å². The molecule has 0 unspecified atom stereocenters. The smallest absolute Gasteiger partial charge is 0.321 e. The SMILES string of the molecule is Cc1ccc(-c2cc(Oc3ncccn3)cc(C(=O)N[C@H](C)c3cnc(C)nc3)c2)c(C#N)c1. The normalized spacial score (nSPS) is 11.4. The summed E-state index contributed by atoms with van der Waals surface area (Å²) in [5, 5.41) is 12.6. The topological polar surface area (TPSA) is 114 Å². The van der Waals surface area contributed by atoms with Gasteiger partial charge in [0, 0.05) is 35.9 Å². The highest BCUT2D eigenvalue weighted by atomic mass is 16.5. The maximum absolute atomic E-state index is 13.2. The molecule has 1 atom stereocenters. The van der Waals surface area contributed by atoms with Crippen LogP contribution >= 0.6 is 0 Å². The summed E-state index contributed by atoms with van der Waals surface area (Å²) < 4.78 is 5.83. The van der Waals surface area contributed by atoms with Gasteiger partial charge in [0.2, 0.25) is 0 Å². The van der Waals surface area contributed by atoms with Crippen LogP contribution in [0.3, 0.4) is 0 Å². The van der Waals surface area contributed by atoms with E-state index in [2.05, 4.69) is 31.3 Å². The summed E-state index contributed by atoms with van der Waals surface area (Å²) in [7, 11) is 0. The molecule has 1 amide bonds. The molecule has 2 heterocycles. The van der Waals surface area contributed by atoms with E-state index in [0.29, 0.717) is 33.8 Å². The highest BCUT2D eigenvalue weighted by Gasteiger charge is 2.17. The lowest BCUT2D eigenvalue weighted by Gasteiger charge is -2.16. The highest BCUT2D eigenvalue weighted by Crippen LogP contribution is 2.31. The van der Waals surface area contributed by atoms with E-state index in [1.807, 2.05) is 32.0 Å². The maximum Gasteiger partial charge on any atom is 0.321 e. The summed E-state index contributed by atoms with van der Waals surface area (Å²) >= 11 is 0. The number of hydrogen-bond acceptors (Lipinski definition) is 7. The third-order valence-corrected chi connectivity index (χ3v) is 5.17. The fourth-order valence-corrected chi connectivity index (χ4v) is 3.38. The molecule has 0 radical (unpaired) electrons. The van der Waals surface area contributed by atoms with E-state index in [9.17, 15) is 10.1 Å². The van der Waals surface area contributed by atoms with E-state index >= 15 is 0 Å². The van der Waals surface area contributed by atoms with Crippen LogP contribution in [-0.4, -0.2) is 25.8 Å². The lowest BCUT2D eigenvalue weighted by molar-refractivity contribution is 0.0939. The average molecular weight is 451 g/mol. The summed E-state index contributed by atoms with van der Waals surface area (Å²) in [6, 6.07) is 14.5. The Bertz CT molecular complexity index is 1360. The minimum absolute atomic E-state index is 0.153. The van der Waals surface area contributed by atoms with Crippen molar-refractivity contribution in [3.63, 3.8) is 0 Å². The Morgan fingerprint density at radius 2 is 1.76 bits per heavy atom. The molecule has 4 rings (SSSR count). The Morgan fingerprint density at radius 1 is 1.03 bits per heavy atom. The van der Waals surface area contributed by atoms with E-state index in [0.717, 1.165) is 11.1 Å². The number of aromatic nitrogens is 4. The van der Waals surface area contributed by atoms with Crippen LogP contribution in [0.2, 0.25) is 0 Å². The molecule has 8 nitrogen and oxygen atoms in total.